The third-order valence-corrected chi connectivity index (χ3v) is 4.55. The number of piperidine rings is 1. The molecule has 1 aliphatic rings. The molecule has 0 amide bonds. The van der Waals surface area contributed by atoms with Gasteiger partial charge in [0.05, 0.1) is 23.9 Å². The molecule has 0 saturated carbocycles. The highest BCUT2D eigenvalue weighted by Crippen LogP contribution is 2.29. The summed E-state index contributed by atoms with van der Waals surface area (Å²) in [7, 11) is 0. The predicted octanol–water partition coefficient (Wildman–Crippen LogP) is 4.04. The van der Waals surface area contributed by atoms with Crippen LogP contribution in [0.25, 0.3) is 5.69 Å². The maximum Gasteiger partial charge on any atom is 0.0994 e. The summed E-state index contributed by atoms with van der Waals surface area (Å²) in [6, 6.07) is 6.96. The second-order valence-electron chi connectivity index (χ2n) is 5.62. The van der Waals surface area contributed by atoms with Gasteiger partial charge in [-0.25, -0.2) is 4.98 Å². The zero-order valence-electron chi connectivity index (χ0n) is 11.9. The van der Waals surface area contributed by atoms with Crippen molar-refractivity contribution in [2.24, 2.45) is 0 Å². The molecule has 3 rings (SSSR count). The summed E-state index contributed by atoms with van der Waals surface area (Å²) < 4.78 is 2.16. The Kier molecular flexibility index (Phi) is 3.81. The van der Waals surface area contributed by atoms with Crippen molar-refractivity contribution in [2.45, 2.75) is 45.2 Å². The first-order valence-electron chi connectivity index (χ1n) is 7.20. The fourth-order valence-electron chi connectivity index (χ4n) is 2.99. The topological polar surface area (TPSA) is 29.9 Å². The van der Waals surface area contributed by atoms with E-state index in [4.69, 9.17) is 11.6 Å². The number of hydrogen-bond acceptors (Lipinski definition) is 2. The zero-order chi connectivity index (χ0) is 14.1. The van der Waals surface area contributed by atoms with Crippen LogP contribution >= 0.6 is 11.6 Å². The monoisotopic (exact) mass is 289 g/mol. The highest BCUT2D eigenvalue weighted by Gasteiger charge is 2.23. The molecule has 1 aromatic carbocycles. The van der Waals surface area contributed by atoms with Crippen LogP contribution < -0.4 is 5.32 Å². The van der Waals surface area contributed by atoms with Crippen molar-refractivity contribution in [1.29, 1.82) is 0 Å². The first kappa shape index (κ1) is 13.7. The molecule has 106 valence electrons. The van der Waals surface area contributed by atoms with E-state index in [2.05, 4.69) is 34.8 Å². The van der Waals surface area contributed by atoms with Crippen LogP contribution in [0.3, 0.4) is 0 Å². The molecule has 1 N–H and O–H groups in total. The highest BCUT2D eigenvalue weighted by atomic mass is 35.5. The number of rotatable bonds is 2. The Bertz CT molecular complexity index is 606. The molecule has 0 aliphatic carbocycles. The lowest BCUT2D eigenvalue weighted by Crippen LogP contribution is -2.35. The van der Waals surface area contributed by atoms with Crippen molar-refractivity contribution in [3.63, 3.8) is 0 Å². The zero-order valence-corrected chi connectivity index (χ0v) is 12.7. The number of halogens is 1. The third-order valence-electron chi connectivity index (χ3n) is 4.14. The fourth-order valence-corrected chi connectivity index (χ4v) is 3.16. The molecule has 2 heterocycles. The molecular formula is C16H20ClN3. The Labute approximate surface area is 125 Å². The van der Waals surface area contributed by atoms with Crippen molar-refractivity contribution in [2.75, 3.05) is 0 Å². The maximum atomic E-state index is 6.24. The van der Waals surface area contributed by atoms with E-state index in [1.165, 1.54) is 18.5 Å². The summed E-state index contributed by atoms with van der Waals surface area (Å²) >= 11 is 6.24. The van der Waals surface area contributed by atoms with E-state index in [9.17, 15) is 0 Å². The van der Waals surface area contributed by atoms with Crippen molar-refractivity contribution in [1.82, 2.24) is 14.9 Å². The van der Waals surface area contributed by atoms with Crippen LogP contribution in [0.5, 0.6) is 0 Å². The summed E-state index contributed by atoms with van der Waals surface area (Å²) in [4.78, 5) is 4.35. The van der Waals surface area contributed by atoms with Crippen LogP contribution in [0, 0.1) is 6.92 Å². The van der Waals surface area contributed by atoms with Crippen LogP contribution in [-0.2, 0) is 0 Å². The number of imidazole rings is 1. The summed E-state index contributed by atoms with van der Waals surface area (Å²) in [5, 5.41) is 4.47. The van der Waals surface area contributed by atoms with Crippen LogP contribution in [0.2, 0.25) is 5.02 Å². The molecule has 1 fully saturated rings. The largest absolute Gasteiger partial charge is 0.306 e. The van der Waals surface area contributed by atoms with E-state index < -0.39 is 0 Å². The fraction of sp³-hybridized carbons (Fsp3) is 0.438. The minimum atomic E-state index is 0.375. The SMILES string of the molecule is Cc1c(Cl)cccc1-n1cncc1C1CCCC(C)N1. The standard InChI is InChI=1S/C16H20ClN3/c1-11-5-3-7-14(19-11)16-9-18-10-20(16)15-8-4-6-13(17)12(15)2/h4,6,8-11,14,19H,3,5,7H2,1-2H3. The predicted molar refractivity (Wildman–Crippen MR) is 82.5 cm³/mol. The van der Waals surface area contributed by atoms with Crippen molar-refractivity contribution < 1.29 is 0 Å². The van der Waals surface area contributed by atoms with Crippen molar-refractivity contribution >= 4 is 11.6 Å². The van der Waals surface area contributed by atoms with E-state index in [-0.39, 0.29) is 0 Å². The van der Waals surface area contributed by atoms with Crippen LogP contribution in [0.4, 0.5) is 0 Å². The number of nitrogens with zero attached hydrogens (tertiary/aromatic N) is 2. The summed E-state index contributed by atoms with van der Waals surface area (Å²) in [5.41, 5.74) is 3.43. The Morgan fingerprint density at radius 2 is 2.20 bits per heavy atom. The summed E-state index contributed by atoms with van der Waals surface area (Å²) in [5.74, 6) is 0. The Morgan fingerprint density at radius 3 is 3.00 bits per heavy atom. The van der Waals surface area contributed by atoms with Crippen LogP contribution in [0.1, 0.15) is 43.5 Å². The van der Waals surface area contributed by atoms with Gasteiger partial charge in [0.25, 0.3) is 0 Å². The molecule has 1 aliphatic heterocycles. The van der Waals surface area contributed by atoms with Gasteiger partial charge in [-0.1, -0.05) is 17.7 Å². The summed E-state index contributed by atoms with van der Waals surface area (Å²) in [6.07, 6.45) is 7.53. The number of nitrogens with one attached hydrogen (secondary N) is 1. The first-order valence-corrected chi connectivity index (χ1v) is 7.58. The van der Waals surface area contributed by atoms with Gasteiger partial charge in [-0.3, -0.25) is 0 Å². The smallest absolute Gasteiger partial charge is 0.0994 e. The normalized spacial score (nSPS) is 22.9. The van der Waals surface area contributed by atoms with Crippen molar-refractivity contribution in [3.05, 3.63) is 47.0 Å². The van der Waals surface area contributed by atoms with Gasteiger partial charge in [-0.05, 0) is 50.8 Å². The van der Waals surface area contributed by atoms with Gasteiger partial charge in [0.15, 0.2) is 0 Å². The molecule has 2 atom stereocenters. The molecule has 0 bridgehead atoms. The molecule has 3 nitrogen and oxygen atoms in total. The van der Waals surface area contributed by atoms with Gasteiger partial charge in [0, 0.05) is 17.1 Å². The average molecular weight is 290 g/mol. The van der Waals surface area contributed by atoms with Gasteiger partial charge in [0.2, 0.25) is 0 Å². The first-order chi connectivity index (χ1) is 9.66. The summed E-state index contributed by atoms with van der Waals surface area (Å²) in [6.45, 7) is 4.30. The van der Waals surface area contributed by atoms with Gasteiger partial charge in [-0.2, -0.15) is 0 Å². The number of aromatic nitrogens is 2. The van der Waals surface area contributed by atoms with Crippen molar-refractivity contribution in [3.8, 4) is 5.69 Å². The molecule has 0 spiro atoms. The lowest BCUT2D eigenvalue weighted by atomic mass is 9.97. The van der Waals surface area contributed by atoms with Gasteiger partial charge in [-0.15, -0.1) is 0 Å². The number of benzene rings is 1. The van der Waals surface area contributed by atoms with E-state index in [0.29, 0.717) is 12.1 Å². The molecule has 1 aromatic heterocycles. The van der Waals surface area contributed by atoms with E-state index in [0.717, 1.165) is 22.7 Å². The lowest BCUT2D eigenvalue weighted by Gasteiger charge is -2.29. The third kappa shape index (κ3) is 2.48. The molecule has 0 radical (unpaired) electrons. The minimum absolute atomic E-state index is 0.375. The van der Waals surface area contributed by atoms with Crippen LogP contribution in [-0.4, -0.2) is 15.6 Å². The Balaban J connectivity index is 1.99. The second kappa shape index (κ2) is 5.58. The van der Waals surface area contributed by atoms with E-state index in [1.54, 1.807) is 0 Å². The molecule has 20 heavy (non-hydrogen) atoms. The highest BCUT2D eigenvalue weighted by molar-refractivity contribution is 6.31. The average Bonchev–Trinajstić information content (AvgIpc) is 2.91. The Morgan fingerprint density at radius 1 is 1.35 bits per heavy atom. The maximum absolute atomic E-state index is 6.24. The van der Waals surface area contributed by atoms with Gasteiger partial charge >= 0.3 is 0 Å². The number of hydrogen-bond donors (Lipinski definition) is 1. The minimum Gasteiger partial charge on any atom is -0.306 e. The quantitative estimate of drug-likeness (QED) is 0.904. The molecule has 2 unspecified atom stereocenters. The Hall–Kier alpha value is -1.32. The molecular weight excluding hydrogens is 270 g/mol. The van der Waals surface area contributed by atoms with Gasteiger partial charge < -0.3 is 9.88 Å². The van der Waals surface area contributed by atoms with E-state index >= 15 is 0 Å². The van der Waals surface area contributed by atoms with E-state index in [1.807, 2.05) is 24.7 Å². The second-order valence-corrected chi connectivity index (χ2v) is 6.03. The van der Waals surface area contributed by atoms with Crippen LogP contribution in [0.15, 0.2) is 30.7 Å². The van der Waals surface area contributed by atoms with Gasteiger partial charge in [0.1, 0.15) is 0 Å². The molecule has 2 aromatic rings. The lowest BCUT2D eigenvalue weighted by molar-refractivity contribution is 0.334. The molecule has 1 saturated heterocycles. The molecule has 4 heteroatoms.